The van der Waals surface area contributed by atoms with Crippen molar-refractivity contribution in [3.05, 3.63) is 23.8 Å². The zero-order valence-electron chi connectivity index (χ0n) is 13.1. The molecule has 0 saturated carbocycles. The Kier molecular flexibility index (Phi) is 4.04. The van der Waals surface area contributed by atoms with E-state index in [1.165, 1.54) is 37.2 Å². The van der Waals surface area contributed by atoms with E-state index < -0.39 is 0 Å². The first-order valence-corrected chi connectivity index (χ1v) is 8.19. The summed E-state index contributed by atoms with van der Waals surface area (Å²) in [5.74, 6) is 0. The van der Waals surface area contributed by atoms with Gasteiger partial charge in [-0.1, -0.05) is 0 Å². The zero-order chi connectivity index (χ0) is 14.8. The quantitative estimate of drug-likeness (QED) is 0.854. The molecule has 4 heteroatoms. The highest BCUT2D eigenvalue weighted by atomic mass is 16.2. The first kappa shape index (κ1) is 14.2. The molecule has 0 N–H and O–H groups in total. The summed E-state index contributed by atoms with van der Waals surface area (Å²) in [6.45, 7) is 8.76. The molecule has 1 saturated heterocycles. The van der Waals surface area contributed by atoms with Gasteiger partial charge in [0, 0.05) is 44.1 Å². The number of amides is 2. The normalized spacial score (nSPS) is 17.2. The molecule has 114 valence electrons. The Balaban J connectivity index is 1.81. The molecule has 2 amide bonds. The molecule has 0 atom stereocenters. The third-order valence-electron chi connectivity index (χ3n) is 4.69. The molecule has 0 unspecified atom stereocenters. The molecule has 0 bridgehead atoms. The average molecular weight is 287 g/mol. The molecule has 0 aliphatic carbocycles. The van der Waals surface area contributed by atoms with Gasteiger partial charge in [-0.05, 0) is 56.9 Å². The fraction of sp³-hybridized carbons (Fsp3) is 0.588. The number of urea groups is 1. The number of hydrogen-bond acceptors (Lipinski definition) is 2. The molecule has 4 nitrogen and oxygen atoms in total. The number of nitrogens with zero attached hydrogens (tertiary/aromatic N) is 3. The Morgan fingerprint density at radius 1 is 1.14 bits per heavy atom. The number of carbonyl (C=O) groups is 1. The van der Waals surface area contributed by atoms with Gasteiger partial charge in [0.15, 0.2) is 0 Å². The lowest BCUT2D eigenvalue weighted by Gasteiger charge is -2.26. The van der Waals surface area contributed by atoms with Crippen LogP contribution in [0, 0.1) is 0 Å². The summed E-state index contributed by atoms with van der Waals surface area (Å²) >= 11 is 0. The van der Waals surface area contributed by atoms with Crippen LogP contribution in [0.5, 0.6) is 0 Å². The maximum Gasteiger partial charge on any atom is 0.324 e. The number of carbonyl (C=O) groups excluding carboxylic acids is 1. The third-order valence-corrected chi connectivity index (χ3v) is 4.69. The topological polar surface area (TPSA) is 26.8 Å². The smallest absolute Gasteiger partial charge is 0.324 e. The standard InChI is InChI=1S/C17H25N3O/c1-3-18(4-2)17(21)20-12-9-14-13-15(7-8-16(14)20)19-10-5-6-11-19/h7-8,13H,3-6,9-12H2,1-2H3. The summed E-state index contributed by atoms with van der Waals surface area (Å²) in [4.78, 5) is 18.8. The van der Waals surface area contributed by atoms with E-state index in [9.17, 15) is 4.79 Å². The van der Waals surface area contributed by atoms with Gasteiger partial charge < -0.3 is 9.80 Å². The Morgan fingerprint density at radius 3 is 2.52 bits per heavy atom. The third kappa shape index (κ3) is 2.59. The summed E-state index contributed by atoms with van der Waals surface area (Å²) in [5.41, 5.74) is 3.75. The van der Waals surface area contributed by atoms with E-state index in [0.717, 1.165) is 31.7 Å². The number of benzene rings is 1. The van der Waals surface area contributed by atoms with Crippen molar-refractivity contribution >= 4 is 17.4 Å². The minimum absolute atomic E-state index is 0.146. The molecule has 3 rings (SSSR count). The number of anilines is 2. The van der Waals surface area contributed by atoms with Crippen molar-refractivity contribution in [2.45, 2.75) is 33.1 Å². The van der Waals surface area contributed by atoms with Gasteiger partial charge in [0.05, 0.1) is 0 Å². The molecule has 1 aromatic carbocycles. The van der Waals surface area contributed by atoms with Crippen LogP contribution in [0.1, 0.15) is 32.3 Å². The Morgan fingerprint density at radius 2 is 1.86 bits per heavy atom. The molecule has 2 aliphatic rings. The second-order valence-electron chi connectivity index (χ2n) is 5.86. The summed E-state index contributed by atoms with van der Waals surface area (Å²) in [6.07, 6.45) is 3.57. The van der Waals surface area contributed by atoms with Crippen LogP contribution in [0.4, 0.5) is 16.2 Å². The lowest BCUT2D eigenvalue weighted by Crippen LogP contribution is -2.42. The molecule has 1 fully saturated rings. The van der Waals surface area contributed by atoms with Crippen molar-refractivity contribution in [3.8, 4) is 0 Å². The van der Waals surface area contributed by atoms with Crippen LogP contribution in [0.3, 0.4) is 0 Å². The molecule has 0 radical (unpaired) electrons. The van der Waals surface area contributed by atoms with E-state index in [0.29, 0.717) is 0 Å². The predicted octanol–water partition coefficient (Wildman–Crippen LogP) is 3.11. The fourth-order valence-electron chi connectivity index (χ4n) is 3.42. The molecule has 0 aromatic heterocycles. The summed E-state index contributed by atoms with van der Waals surface area (Å²) in [5, 5.41) is 0. The van der Waals surface area contributed by atoms with Crippen molar-refractivity contribution in [3.63, 3.8) is 0 Å². The second kappa shape index (κ2) is 5.96. The maximum atomic E-state index is 12.6. The van der Waals surface area contributed by atoms with E-state index in [1.54, 1.807) is 0 Å². The first-order chi connectivity index (χ1) is 10.2. The Bertz CT molecular complexity index is 519. The van der Waals surface area contributed by atoms with Crippen LogP contribution in [-0.2, 0) is 6.42 Å². The molecule has 2 aliphatic heterocycles. The van der Waals surface area contributed by atoms with Crippen LogP contribution in [0.25, 0.3) is 0 Å². The summed E-state index contributed by atoms with van der Waals surface area (Å²) in [6, 6.07) is 6.75. The van der Waals surface area contributed by atoms with Crippen molar-refractivity contribution in [2.75, 3.05) is 42.5 Å². The molecule has 2 heterocycles. The van der Waals surface area contributed by atoms with Gasteiger partial charge in [0.1, 0.15) is 0 Å². The van der Waals surface area contributed by atoms with Crippen LogP contribution in [0.2, 0.25) is 0 Å². The van der Waals surface area contributed by atoms with Gasteiger partial charge in [0.25, 0.3) is 0 Å². The second-order valence-corrected chi connectivity index (χ2v) is 5.86. The molecular weight excluding hydrogens is 262 g/mol. The van der Waals surface area contributed by atoms with E-state index in [1.807, 2.05) is 23.6 Å². The lowest BCUT2D eigenvalue weighted by molar-refractivity contribution is 0.210. The molecule has 1 aromatic rings. The van der Waals surface area contributed by atoms with E-state index in [2.05, 4.69) is 23.1 Å². The SMILES string of the molecule is CCN(CC)C(=O)N1CCc2cc(N3CCCC3)ccc21. The first-order valence-electron chi connectivity index (χ1n) is 8.19. The number of hydrogen-bond donors (Lipinski definition) is 0. The highest BCUT2D eigenvalue weighted by Gasteiger charge is 2.28. The van der Waals surface area contributed by atoms with E-state index >= 15 is 0 Å². The number of fused-ring (bicyclic) bond motifs is 1. The maximum absolute atomic E-state index is 12.6. The minimum atomic E-state index is 0.146. The van der Waals surface area contributed by atoms with Gasteiger partial charge in [-0.3, -0.25) is 4.90 Å². The highest BCUT2D eigenvalue weighted by Crippen LogP contribution is 2.33. The van der Waals surface area contributed by atoms with Crippen molar-refractivity contribution in [1.82, 2.24) is 4.90 Å². The minimum Gasteiger partial charge on any atom is -0.372 e. The van der Waals surface area contributed by atoms with E-state index in [-0.39, 0.29) is 6.03 Å². The van der Waals surface area contributed by atoms with Crippen LogP contribution < -0.4 is 9.80 Å². The van der Waals surface area contributed by atoms with Crippen LogP contribution in [-0.4, -0.2) is 43.7 Å². The van der Waals surface area contributed by atoms with Crippen LogP contribution in [0.15, 0.2) is 18.2 Å². The number of rotatable bonds is 3. The van der Waals surface area contributed by atoms with E-state index in [4.69, 9.17) is 0 Å². The van der Waals surface area contributed by atoms with Crippen LogP contribution >= 0.6 is 0 Å². The van der Waals surface area contributed by atoms with Gasteiger partial charge in [0.2, 0.25) is 0 Å². The summed E-state index contributed by atoms with van der Waals surface area (Å²) < 4.78 is 0. The average Bonchev–Trinajstić information content (AvgIpc) is 3.17. The van der Waals surface area contributed by atoms with Gasteiger partial charge in [-0.25, -0.2) is 4.79 Å². The van der Waals surface area contributed by atoms with Crippen molar-refractivity contribution in [1.29, 1.82) is 0 Å². The lowest BCUT2D eigenvalue weighted by atomic mass is 10.1. The van der Waals surface area contributed by atoms with Crippen molar-refractivity contribution in [2.24, 2.45) is 0 Å². The highest BCUT2D eigenvalue weighted by molar-refractivity contribution is 5.94. The Labute approximate surface area is 127 Å². The fourth-order valence-corrected chi connectivity index (χ4v) is 3.42. The zero-order valence-corrected chi connectivity index (χ0v) is 13.1. The molecule has 0 spiro atoms. The molecular formula is C17H25N3O. The summed E-state index contributed by atoms with van der Waals surface area (Å²) in [7, 11) is 0. The monoisotopic (exact) mass is 287 g/mol. The van der Waals surface area contributed by atoms with Gasteiger partial charge >= 0.3 is 6.03 Å². The van der Waals surface area contributed by atoms with Gasteiger partial charge in [-0.15, -0.1) is 0 Å². The Hall–Kier alpha value is -1.71. The van der Waals surface area contributed by atoms with Crippen molar-refractivity contribution < 1.29 is 4.79 Å². The molecule has 21 heavy (non-hydrogen) atoms. The predicted molar refractivity (Wildman–Crippen MR) is 87.3 cm³/mol. The largest absolute Gasteiger partial charge is 0.372 e. The van der Waals surface area contributed by atoms with Gasteiger partial charge in [-0.2, -0.15) is 0 Å².